The van der Waals surface area contributed by atoms with Gasteiger partial charge >= 0.3 is 5.97 Å². The normalized spacial score (nSPS) is 10.5. The van der Waals surface area contributed by atoms with E-state index in [2.05, 4.69) is 4.98 Å². The summed E-state index contributed by atoms with van der Waals surface area (Å²) in [6, 6.07) is 5.21. The van der Waals surface area contributed by atoms with Crippen molar-refractivity contribution in [2.45, 2.75) is 6.92 Å². The average Bonchev–Trinajstić information content (AvgIpc) is 2.73. The van der Waals surface area contributed by atoms with Gasteiger partial charge in [0.1, 0.15) is 11.4 Å². The maximum atomic E-state index is 11.6. The monoisotopic (exact) mass is 234 g/mol. The molecule has 2 aromatic rings. The Morgan fingerprint density at radius 3 is 2.82 bits per heavy atom. The molecule has 90 valence electrons. The van der Waals surface area contributed by atoms with Crippen LogP contribution in [0.4, 0.5) is 5.69 Å². The zero-order chi connectivity index (χ0) is 12.4. The van der Waals surface area contributed by atoms with Crippen LogP contribution in [0.25, 0.3) is 10.9 Å². The fraction of sp³-hybridized carbons (Fsp3) is 0.250. The number of hydrogen-bond acceptors (Lipinski definition) is 4. The van der Waals surface area contributed by atoms with E-state index in [1.807, 2.05) is 6.07 Å². The molecule has 1 heterocycles. The fourth-order valence-electron chi connectivity index (χ4n) is 1.68. The minimum Gasteiger partial charge on any atom is -0.497 e. The molecule has 0 radical (unpaired) electrons. The first-order valence-corrected chi connectivity index (χ1v) is 5.29. The number of nitrogens with one attached hydrogen (secondary N) is 1. The van der Waals surface area contributed by atoms with Crippen molar-refractivity contribution < 1.29 is 14.3 Å². The quantitative estimate of drug-likeness (QED) is 0.628. The predicted molar refractivity (Wildman–Crippen MR) is 65.2 cm³/mol. The van der Waals surface area contributed by atoms with E-state index in [0.29, 0.717) is 29.3 Å². The molecule has 0 amide bonds. The van der Waals surface area contributed by atoms with Gasteiger partial charge in [-0.3, -0.25) is 0 Å². The van der Waals surface area contributed by atoms with Crippen molar-refractivity contribution in [3.63, 3.8) is 0 Å². The SMILES string of the molecule is CCOC(=O)c1cc2cc(OC)cc(N)c2[nH]1. The summed E-state index contributed by atoms with van der Waals surface area (Å²) < 4.78 is 10.0. The third-order valence-electron chi connectivity index (χ3n) is 2.46. The van der Waals surface area contributed by atoms with Crippen molar-refractivity contribution in [3.05, 3.63) is 23.9 Å². The summed E-state index contributed by atoms with van der Waals surface area (Å²) in [5.41, 5.74) is 7.50. The second-order valence-corrected chi connectivity index (χ2v) is 3.58. The third-order valence-corrected chi connectivity index (χ3v) is 2.46. The lowest BCUT2D eigenvalue weighted by molar-refractivity contribution is 0.0520. The first-order valence-electron chi connectivity index (χ1n) is 5.29. The number of rotatable bonds is 3. The Morgan fingerprint density at radius 1 is 1.41 bits per heavy atom. The van der Waals surface area contributed by atoms with Crippen LogP contribution < -0.4 is 10.5 Å². The second kappa shape index (κ2) is 4.37. The van der Waals surface area contributed by atoms with Gasteiger partial charge in [0.2, 0.25) is 0 Å². The van der Waals surface area contributed by atoms with E-state index in [1.54, 1.807) is 26.2 Å². The number of ether oxygens (including phenoxy) is 2. The van der Waals surface area contributed by atoms with Crippen molar-refractivity contribution in [1.29, 1.82) is 0 Å². The Balaban J connectivity index is 2.49. The van der Waals surface area contributed by atoms with Gasteiger partial charge in [0, 0.05) is 11.5 Å². The first-order chi connectivity index (χ1) is 8.15. The smallest absolute Gasteiger partial charge is 0.354 e. The van der Waals surface area contributed by atoms with Crippen LogP contribution >= 0.6 is 0 Å². The molecule has 5 heteroatoms. The molecular weight excluding hydrogens is 220 g/mol. The zero-order valence-electron chi connectivity index (χ0n) is 9.74. The number of aromatic amines is 1. The Kier molecular flexibility index (Phi) is 2.91. The standard InChI is InChI=1S/C12H14N2O3/c1-3-17-12(15)10-5-7-4-8(16-2)6-9(13)11(7)14-10/h4-6,14H,3,13H2,1-2H3. The highest BCUT2D eigenvalue weighted by Crippen LogP contribution is 2.27. The number of H-pyrrole nitrogens is 1. The summed E-state index contributed by atoms with van der Waals surface area (Å²) >= 11 is 0. The maximum Gasteiger partial charge on any atom is 0.354 e. The lowest BCUT2D eigenvalue weighted by Gasteiger charge is -2.01. The van der Waals surface area contributed by atoms with Crippen LogP contribution in [-0.2, 0) is 4.74 Å². The number of fused-ring (bicyclic) bond motifs is 1. The number of nitrogens with two attached hydrogens (primary N) is 1. The van der Waals surface area contributed by atoms with Crippen LogP contribution in [-0.4, -0.2) is 24.7 Å². The highest BCUT2D eigenvalue weighted by atomic mass is 16.5. The van der Waals surface area contributed by atoms with Gasteiger partial charge in [0.05, 0.1) is 24.9 Å². The average molecular weight is 234 g/mol. The molecule has 0 aliphatic rings. The minimum absolute atomic E-state index is 0.340. The van der Waals surface area contributed by atoms with E-state index in [1.165, 1.54) is 0 Å². The summed E-state index contributed by atoms with van der Waals surface area (Å²) in [5.74, 6) is 0.270. The molecule has 1 aromatic carbocycles. The van der Waals surface area contributed by atoms with Crippen LogP contribution in [0.2, 0.25) is 0 Å². The van der Waals surface area contributed by atoms with E-state index < -0.39 is 0 Å². The van der Waals surface area contributed by atoms with Crippen molar-refractivity contribution in [1.82, 2.24) is 4.98 Å². The highest BCUT2D eigenvalue weighted by molar-refractivity contribution is 5.99. The Hall–Kier alpha value is -2.17. The van der Waals surface area contributed by atoms with E-state index in [0.717, 1.165) is 5.39 Å². The fourth-order valence-corrected chi connectivity index (χ4v) is 1.68. The molecule has 0 saturated carbocycles. The maximum absolute atomic E-state index is 11.6. The van der Waals surface area contributed by atoms with E-state index >= 15 is 0 Å². The number of carbonyl (C=O) groups is 1. The van der Waals surface area contributed by atoms with Crippen LogP contribution in [0.1, 0.15) is 17.4 Å². The Morgan fingerprint density at radius 2 is 2.18 bits per heavy atom. The number of esters is 1. The third kappa shape index (κ3) is 2.04. The zero-order valence-corrected chi connectivity index (χ0v) is 9.74. The van der Waals surface area contributed by atoms with E-state index in [-0.39, 0.29) is 5.97 Å². The lowest BCUT2D eigenvalue weighted by atomic mass is 10.2. The van der Waals surface area contributed by atoms with Crippen LogP contribution in [0.3, 0.4) is 0 Å². The predicted octanol–water partition coefficient (Wildman–Crippen LogP) is 1.94. The number of benzene rings is 1. The minimum atomic E-state index is -0.387. The number of carbonyl (C=O) groups excluding carboxylic acids is 1. The van der Waals surface area contributed by atoms with Gasteiger partial charge < -0.3 is 20.2 Å². The van der Waals surface area contributed by atoms with Gasteiger partial charge in [-0.05, 0) is 19.1 Å². The van der Waals surface area contributed by atoms with Crippen molar-refractivity contribution >= 4 is 22.6 Å². The summed E-state index contributed by atoms with van der Waals surface area (Å²) in [6.45, 7) is 2.10. The highest BCUT2D eigenvalue weighted by Gasteiger charge is 2.12. The van der Waals surface area contributed by atoms with Crippen LogP contribution in [0.15, 0.2) is 18.2 Å². The van der Waals surface area contributed by atoms with Gasteiger partial charge in [-0.1, -0.05) is 0 Å². The summed E-state index contributed by atoms with van der Waals surface area (Å²) in [6.07, 6.45) is 0. The van der Waals surface area contributed by atoms with Gasteiger partial charge in [-0.25, -0.2) is 4.79 Å². The van der Waals surface area contributed by atoms with Gasteiger partial charge in [0.25, 0.3) is 0 Å². The molecular formula is C12H14N2O3. The first kappa shape index (κ1) is 11.3. The molecule has 0 fully saturated rings. The molecule has 2 rings (SSSR count). The summed E-state index contributed by atoms with van der Waals surface area (Å²) in [7, 11) is 1.57. The molecule has 0 aliphatic heterocycles. The number of hydrogen-bond donors (Lipinski definition) is 2. The molecule has 5 nitrogen and oxygen atoms in total. The van der Waals surface area contributed by atoms with Crippen molar-refractivity contribution in [2.75, 3.05) is 19.5 Å². The van der Waals surface area contributed by atoms with Gasteiger partial charge in [-0.15, -0.1) is 0 Å². The van der Waals surface area contributed by atoms with Crippen LogP contribution in [0, 0.1) is 0 Å². The largest absolute Gasteiger partial charge is 0.497 e. The number of anilines is 1. The Bertz CT molecular complexity index is 560. The molecule has 0 bridgehead atoms. The topological polar surface area (TPSA) is 77.3 Å². The molecule has 0 atom stereocenters. The number of aromatic nitrogens is 1. The van der Waals surface area contributed by atoms with E-state index in [9.17, 15) is 4.79 Å². The molecule has 0 aliphatic carbocycles. The summed E-state index contributed by atoms with van der Waals surface area (Å²) in [5, 5.41) is 0.824. The second-order valence-electron chi connectivity index (χ2n) is 3.58. The molecule has 17 heavy (non-hydrogen) atoms. The molecule has 1 aromatic heterocycles. The Labute approximate surface area is 98.5 Å². The summed E-state index contributed by atoms with van der Waals surface area (Å²) in [4.78, 5) is 14.5. The molecule has 3 N–H and O–H groups in total. The molecule has 0 spiro atoms. The number of methoxy groups -OCH3 is 1. The molecule has 0 unspecified atom stereocenters. The van der Waals surface area contributed by atoms with Gasteiger partial charge in [0.15, 0.2) is 0 Å². The number of nitrogen functional groups attached to an aromatic ring is 1. The van der Waals surface area contributed by atoms with Crippen LogP contribution in [0.5, 0.6) is 5.75 Å². The van der Waals surface area contributed by atoms with Crippen molar-refractivity contribution in [3.8, 4) is 5.75 Å². The van der Waals surface area contributed by atoms with Crippen molar-refractivity contribution in [2.24, 2.45) is 0 Å². The van der Waals surface area contributed by atoms with E-state index in [4.69, 9.17) is 15.2 Å². The lowest BCUT2D eigenvalue weighted by Crippen LogP contribution is -2.04. The molecule has 0 saturated heterocycles. The van der Waals surface area contributed by atoms with Gasteiger partial charge in [-0.2, -0.15) is 0 Å².